The lowest BCUT2D eigenvalue weighted by atomic mass is 10.0. The Bertz CT molecular complexity index is 731. The summed E-state index contributed by atoms with van der Waals surface area (Å²) in [5.41, 5.74) is 2.14. The van der Waals surface area contributed by atoms with Crippen LogP contribution in [0.2, 0.25) is 0 Å². The third kappa shape index (κ3) is 5.47. The summed E-state index contributed by atoms with van der Waals surface area (Å²) in [5.74, 6) is 1.70. The van der Waals surface area contributed by atoms with Crippen LogP contribution in [0.5, 0.6) is 11.5 Å². The van der Waals surface area contributed by atoms with E-state index in [2.05, 4.69) is 48.9 Å². The zero-order valence-electron chi connectivity index (χ0n) is 15.4. The SMILES string of the molecule is CC(O)CC(O)CCCCCN1c2ccc(Br)cc2Oc2cc(Br)ccc21. The van der Waals surface area contributed by atoms with Gasteiger partial charge < -0.3 is 19.8 Å². The van der Waals surface area contributed by atoms with Crippen molar-refractivity contribution >= 4 is 43.2 Å². The molecule has 146 valence electrons. The van der Waals surface area contributed by atoms with E-state index in [9.17, 15) is 10.2 Å². The number of hydrogen-bond donors (Lipinski definition) is 2. The molecule has 2 aromatic carbocycles. The monoisotopic (exact) mass is 497 g/mol. The zero-order valence-corrected chi connectivity index (χ0v) is 18.5. The maximum Gasteiger partial charge on any atom is 0.152 e. The topological polar surface area (TPSA) is 52.9 Å². The van der Waals surface area contributed by atoms with Crippen molar-refractivity contribution in [3.63, 3.8) is 0 Å². The molecular weight excluding hydrogens is 474 g/mol. The molecule has 6 heteroatoms. The summed E-state index contributed by atoms with van der Waals surface area (Å²) >= 11 is 7.04. The summed E-state index contributed by atoms with van der Waals surface area (Å²) in [7, 11) is 0. The van der Waals surface area contributed by atoms with Gasteiger partial charge in [0.25, 0.3) is 0 Å². The number of unbranched alkanes of at least 4 members (excludes halogenated alkanes) is 2. The van der Waals surface area contributed by atoms with E-state index < -0.39 is 12.2 Å². The minimum absolute atomic E-state index is 0.412. The highest BCUT2D eigenvalue weighted by molar-refractivity contribution is 9.10. The number of anilines is 2. The van der Waals surface area contributed by atoms with Crippen LogP contribution in [0.1, 0.15) is 39.0 Å². The first-order chi connectivity index (χ1) is 12.9. The quantitative estimate of drug-likeness (QED) is 0.428. The van der Waals surface area contributed by atoms with Gasteiger partial charge >= 0.3 is 0 Å². The Morgan fingerprint density at radius 2 is 1.52 bits per heavy atom. The van der Waals surface area contributed by atoms with Crippen molar-refractivity contribution in [2.45, 2.75) is 51.2 Å². The minimum Gasteiger partial charge on any atom is -0.453 e. The van der Waals surface area contributed by atoms with Gasteiger partial charge in [0, 0.05) is 15.5 Å². The predicted octanol–water partition coefficient (Wildman–Crippen LogP) is 6.15. The number of hydrogen-bond acceptors (Lipinski definition) is 4. The molecule has 0 radical (unpaired) electrons. The first-order valence-corrected chi connectivity index (χ1v) is 10.9. The lowest BCUT2D eigenvalue weighted by molar-refractivity contribution is 0.0834. The molecule has 1 aliphatic rings. The number of fused-ring (bicyclic) bond motifs is 2. The summed E-state index contributed by atoms with van der Waals surface area (Å²) in [4.78, 5) is 2.30. The van der Waals surface area contributed by atoms with Crippen LogP contribution < -0.4 is 9.64 Å². The summed E-state index contributed by atoms with van der Waals surface area (Å²) in [6.45, 7) is 2.60. The van der Waals surface area contributed by atoms with Crippen molar-refractivity contribution < 1.29 is 14.9 Å². The molecular formula is C21H25Br2NO3. The molecule has 1 aliphatic heterocycles. The molecule has 0 aromatic heterocycles. The van der Waals surface area contributed by atoms with E-state index in [1.807, 2.05) is 24.3 Å². The van der Waals surface area contributed by atoms with Crippen molar-refractivity contribution in [2.75, 3.05) is 11.4 Å². The van der Waals surface area contributed by atoms with Gasteiger partial charge in [-0.15, -0.1) is 0 Å². The molecule has 2 aromatic rings. The Balaban J connectivity index is 1.65. The number of halogens is 2. The Morgan fingerprint density at radius 3 is 2.07 bits per heavy atom. The van der Waals surface area contributed by atoms with E-state index in [4.69, 9.17) is 4.74 Å². The normalized spacial score (nSPS) is 14.9. The Kier molecular flexibility index (Phi) is 7.20. The molecule has 27 heavy (non-hydrogen) atoms. The lowest BCUT2D eigenvalue weighted by Gasteiger charge is -2.33. The third-order valence-corrected chi connectivity index (χ3v) is 5.66. The van der Waals surface area contributed by atoms with Crippen molar-refractivity contribution in [1.82, 2.24) is 0 Å². The van der Waals surface area contributed by atoms with E-state index in [1.54, 1.807) is 6.92 Å². The van der Waals surface area contributed by atoms with Gasteiger partial charge in [-0.05, 0) is 62.6 Å². The number of aliphatic hydroxyl groups excluding tert-OH is 2. The highest BCUT2D eigenvalue weighted by atomic mass is 79.9. The fraction of sp³-hybridized carbons (Fsp3) is 0.429. The average molecular weight is 499 g/mol. The minimum atomic E-state index is -0.444. The maximum atomic E-state index is 9.88. The second-order valence-electron chi connectivity index (χ2n) is 7.07. The van der Waals surface area contributed by atoms with Gasteiger partial charge in [-0.2, -0.15) is 0 Å². The van der Waals surface area contributed by atoms with Crippen LogP contribution in [-0.4, -0.2) is 29.0 Å². The second kappa shape index (κ2) is 9.41. The predicted molar refractivity (Wildman–Crippen MR) is 116 cm³/mol. The number of rotatable bonds is 8. The largest absolute Gasteiger partial charge is 0.453 e. The summed E-state index contributed by atoms with van der Waals surface area (Å²) < 4.78 is 8.09. The molecule has 0 amide bonds. The summed E-state index contributed by atoms with van der Waals surface area (Å²) in [5, 5.41) is 19.2. The van der Waals surface area contributed by atoms with Gasteiger partial charge in [0.2, 0.25) is 0 Å². The molecule has 0 fully saturated rings. The molecule has 0 aliphatic carbocycles. The van der Waals surface area contributed by atoms with E-state index >= 15 is 0 Å². The van der Waals surface area contributed by atoms with Gasteiger partial charge in [-0.25, -0.2) is 0 Å². The lowest BCUT2D eigenvalue weighted by Crippen LogP contribution is -2.22. The average Bonchev–Trinajstić information content (AvgIpc) is 2.59. The van der Waals surface area contributed by atoms with E-state index in [-0.39, 0.29) is 0 Å². The molecule has 2 N–H and O–H groups in total. The van der Waals surface area contributed by atoms with Crippen molar-refractivity contribution in [3.05, 3.63) is 45.3 Å². The smallest absolute Gasteiger partial charge is 0.152 e. The summed E-state index contributed by atoms with van der Waals surface area (Å²) in [6, 6.07) is 12.2. The highest BCUT2D eigenvalue weighted by Crippen LogP contribution is 2.48. The molecule has 4 nitrogen and oxygen atoms in total. The van der Waals surface area contributed by atoms with Crippen molar-refractivity contribution in [1.29, 1.82) is 0 Å². The first-order valence-electron chi connectivity index (χ1n) is 9.34. The Labute approximate surface area is 177 Å². The van der Waals surface area contributed by atoms with Crippen LogP contribution in [-0.2, 0) is 0 Å². The van der Waals surface area contributed by atoms with E-state index in [0.717, 1.165) is 64.0 Å². The fourth-order valence-corrected chi connectivity index (χ4v) is 4.09. The van der Waals surface area contributed by atoms with Crippen LogP contribution in [0.25, 0.3) is 0 Å². The maximum absolute atomic E-state index is 9.88. The van der Waals surface area contributed by atoms with Gasteiger partial charge in [-0.1, -0.05) is 44.7 Å². The fourth-order valence-electron chi connectivity index (χ4n) is 3.41. The number of benzene rings is 2. The van der Waals surface area contributed by atoms with Crippen LogP contribution in [0.4, 0.5) is 11.4 Å². The second-order valence-corrected chi connectivity index (χ2v) is 8.90. The molecule has 2 unspecified atom stereocenters. The molecule has 0 saturated carbocycles. The van der Waals surface area contributed by atoms with Gasteiger partial charge in [0.15, 0.2) is 11.5 Å². The highest BCUT2D eigenvalue weighted by Gasteiger charge is 2.24. The molecule has 2 atom stereocenters. The number of nitrogens with zero attached hydrogens (tertiary/aromatic N) is 1. The van der Waals surface area contributed by atoms with Crippen LogP contribution >= 0.6 is 31.9 Å². The van der Waals surface area contributed by atoms with Crippen LogP contribution in [0.15, 0.2) is 45.3 Å². The Morgan fingerprint density at radius 1 is 0.926 bits per heavy atom. The Hall–Kier alpha value is -1.08. The molecule has 0 saturated heterocycles. The number of ether oxygens (including phenoxy) is 1. The van der Waals surface area contributed by atoms with Gasteiger partial charge in [0.05, 0.1) is 23.6 Å². The van der Waals surface area contributed by atoms with E-state index in [1.165, 1.54) is 0 Å². The molecule has 0 spiro atoms. The van der Waals surface area contributed by atoms with Gasteiger partial charge in [0.1, 0.15) is 0 Å². The third-order valence-electron chi connectivity index (χ3n) is 4.68. The standard InChI is InChI=1S/C21H25Br2NO3/c1-14(25)11-17(26)5-3-2-4-10-24-18-8-6-15(22)12-20(18)27-21-13-16(23)7-9-19(21)24/h6-9,12-14,17,25-26H,2-5,10-11H2,1H3. The molecule has 3 rings (SSSR count). The van der Waals surface area contributed by atoms with Crippen LogP contribution in [0.3, 0.4) is 0 Å². The number of aliphatic hydroxyl groups is 2. The summed E-state index contributed by atoms with van der Waals surface area (Å²) in [6.07, 6.45) is 3.34. The molecule has 0 bridgehead atoms. The zero-order chi connectivity index (χ0) is 19.4. The first kappa shape index (κ1) is 20.6. The van der Waals surface area contributed by atoms with Crippen molar-refractivity contribution in [3.8, 4) is 11.5 Å². The van der Waals surface area contributed by atoms with E-state index in [0.29, 0.717) is 6.42 Å². The van der Waals surface area contributed by atoms with Gasteiger partial charge in [-0.3, -0.25) is 0 Å². The van der Waals surface area contributed by atoms with Crippen LogP contribution in [0, 0.1) is 0 Å². The molecule has 1 heterocycles. The van der Waals surface area contributed by atoms with Crippen molar-refractivity contribution in [2.24, 2.45) is 0 Å².